The number of rotatable bonds is 8. The second-order valence-corrected chi connectivity index (χ2v) is 6.66. The van der Waals surface area contributed by atoms with Crippen LogP contribution in [0.1, 0.15) is 59.3 Å². The SMILES string of the molecule is CCNC(=NCC(C)(C)C(N)=O)NCCCC1CCCC1. The van der Waals surface area contributed by atoms with Crippen LogP contribution in [-0.2, 0) is 4.79 Å². The van der Waals surface area contributed by atoms with Crippen molar-refractivity contribution in [1.82, 2.24) is 10.6 Å². The summed E-state index contributed by atoms with van der Waals surface area (Å²) in [5.41, 5.74) is 4.77. The molecule has 0 aromatic carbocycles. The molecule has 122 valence electrons. The molecule has 1 aliphatic carbocycles. The van der Waals surface area contributed by atoms with E-state index in [4.69, 9.17) is 5.73 Å². The molecule has 21 heavy (non-hydrogen) atoms. The highest BCUT2D eigenvalue weighted by Crippen LogP contribution is 2.28. The Kier molecular flexibility index (Phi) is 7.54. The van der Waals surface area contributed by atoms with Gasteiger partial charge in [0.25, 0.3) is 0 Å². The highest BCUT2D eigenvalue weighted by atomic mass is 16.1. The van der Waals surface area contributed by atoms with Crippen LogP contribution in [0.25, 0.3) is 0 Å². The van der Waals surface area contributed by atoms with E-state index in [0.29, 0.717) is 6.54 Å². The Morgan fingerprint density at radius 1 is 1.29 bits per heavy atom. The minimum atomic E-state index is -0.605. The maximum atomic E-state index is 11.3. The Labute approximate surface area is 129 Å². The summed E-state index contributed by atoms with van der Waals surface area (Å²) in [4.78, 5) is 15.8. The maximum Gasteiger partial charge on any atom is 0.224 e. The first-order chi connectivity index (χ1) is 9.95. The van der Waals surface area contributed by atoms with Crippen LogP contribution in [0.3, 0.4) is 0 Å². The average molecular weight is 296 g/mol. The van der Waals surface area contributed by atoms with E-state index in [9.17, 15) is 4.79 Å². The van der Waals surface area contributed by atoms with E-state index in [1.807, 2.05) is 20.8 Å². The van der Waals surface area contributed by atoms with Gasteiger partial charge in [-0.3, -0.25) is 9.79 Å². The molecular formula is C16H32N4O. The molecule has 0 heterocycles. The van der Waals surface area contributed by atoms with Gasteiger partial charge in [-0.25, -0.2) is 0 Å². The Morgan fingerprint density at radius 3 is 2.52 bits per heavy atom. The molecule has 1 rings (SSSR count). The lowest BCUT2D eigenvalue weighted by Gasteiger charge is -2.19. The molecule has 1 amide bonds. The summed E-state index contributed by atoms with van der Waals surface area (Å²) in [6.07, 6.45) is 8.10. The predicted molar refractivity (Wildman–Crippen MR) is 88.1 cm³/mol. The number of carbonyl (C=O) groups excluding carboxylic acids is 1. The molecule has 0 unspecified atom stereocenters. The number of hydrogen-bond donors (Lipinski definition) is 3. The molecule has 0 aromatic rings. The van der Waals surface area contributed by atoms with E-state index in [1.165, 1.54) is 38.5 Å². The topological polar surface area (TPSA) is 79.5 Å². The van der Waals surface area contributed by atoms with Crippen LogP contribution >= 0.6 is 0 Å². The molecule has 0 aliphatic heterocycles. The number of nitrogens with two attached hydrogens (primary N) is 1. The van der Waals surface area contributed by atoms with Gasteiger partial charge < -0.3 is 16.4 Å². The van der Waals surface area contributed by atoms with Gasteiger partial charge >= 0.3 is 0 Å². The first-order valence-corrected chi connectivity index (χ1v) is 8.28. The second-order valence-electron chi connectivity index (χ2n) is 6.66. The van der Waals surface area contributed by atoms with Gasteiger partial charge in [-0.2, -0.15) is 0 Å². The zero-order valence-corrected chi connectivity index (χ0v) is 13.9. The third-order valence-corrected chi connectivity index (χ3v) is 4.20. The molecule has 4 N–H and O–H groups in total. The molecule has 5 nitrogen and oxygen atoms in total. The Bertz CT molecular complexity index is 346. The summed E-state index contributed by atoms with van der Waals surface area (Å²) < 4.78 is 0. The van der Waals surface area contributed by atoms with Crippen LogP contribution in [0.4, 0.5) is 0 Å². The van der Waals surface area contributed by atoms with Gasteiger partial charge in [0.1, 0.15) is 0 Å². The van der Waals surface area contributed by atoms with Crippen molar-refractivity contribution in [2.45, 2.75) is 59.3 Å². The highest BCUT2D eigenvalue weighted by molar-refractivity contribution is 5.82. The van der Waals surface area contributed by atoms with Crippen molar-refractivity contribution in [3.63, 3.8) is 0 Å². The summed E-state index contributed by atoms with van der Waals surface area (Å²) >= 11 is 0. The number of carbonyl (C=O) groups is 1. The van der Waals surface area contributed by atoms with Crippen molar-refractivity contribution in [3.8, 4) is 0 Å². The minimum Gasteiger partial charge on any atom is -0.369 e. The third kappa shape index (κ3) is 6.82. The molecule has 1 aliphatic rings. The molecule has 1 fully saturated rings. The van der Waals surface area contributed by atoms with Gasteiger partial charge in [-0.1, -0.05) is 25.7 Å². The quantitative estimate of drug-likeness (QED) is 0.364. The van der Waals surface area contributed by atoms with Crippen molar-refractivity contribution in [2.24, 2.45) is 22.1 Å². The van der Waals surface area contributed by atoms with Gasteiger partial charge in [0, 0.05) is 13.1 Å². The van der Waals surface area contributed by atoms with Crippen LogP contribution < -0.4 is 16.4 Å². The lowest BCUT2D eigenvalue weighted by atomic mass is 9.93. The molecule has 0 saturated heterocycles. The largest absolute Gasteiger partial charge is 0.369 e. The molecular weight excluding hydrogens is 264 g/mol. The van der Waals surface area contributed by atoms with Crippen molar-refractivity contribution in [3.05, 3.63) is 0 Å². The number of hydrogen-bond acceptors (Lipinski definition) is 2. The second kappa shape index (κ2) is 8.90. The minimum absolute atomic E-state index is 0.316. The Hall–Kier alpha value is -1.26. The first kappa shape index (κ1) is 17.8. The third-order valence-electron chi connectivity index (χ3n) is 4.20. The summed E-state index contributed by atoms with van der Waals surface area (Å²) in [6, 6.07) is 0. The standard InChI is InChI=1S/C16H32N4O/c1-4-18-15(20-12-16(2,3)14(17)21)19-11-7-10-13-8-5-6-9-13/h13H,4-12H2,1-3H3,(H2,17,21)(H2,18,19,20). The van der Waals surface area contributed by atoms with Gasteiger partial charge in [-0.05, 0) is 39.5 Å². The van der Waals surface area contributed by atoms with E-state index < -0.39 is 5.41 Å². The fourth-order valence-electron chi connectivity index (χ4n) is 2.59. The number of nitrogens with zero attached hydrogens (tertiary/aromatic N) is 1. The Balaban J connectivity index is 2.32. The number of guanidine groups is 1. The molecule has 1 saturated carbocycles. The monoisotopic (exact) mass is 296 g/mol. The van der Waals surface area contributed by atoms with Crippen molar-refractivity contribution in [2.75, 3.05) is 19.6 Å². The first-order valence-electron chi connectivity index (χ1n) is 8.28. The van der Waals surface area contributed by atoms with E-state index in [1.54, 1.807) is 0 Å². The van der Waals surface area contributed by atoms with Gasteiger partial charge in [0.05, 0.1) is 12.0 Å². The number of primary amides is 1. The van der Waals surface area contributed by atoms with Crippen LogP contribution in [-0.4, -0.2) is 31.5 Å². The summed E-state index contributed by atoms with van der Waals surface area (Å²) in [6.45, 7) is 7.82. The molecule has 0 atom stereocenters. The zero-order chi connectivity index (χ0) is 15.7. The maximum absolute atomic E-state index is 11.3. The number of nitrogens with one attached hydrogen (secondary N) is 2. The molecule has 0 radical (unpaired) electrons. The number of amides is 1. The fourth-order valence-corrected chi connectivity index (χ4v) is 2.59. The van der Waals surface area contributed by atoms with E-state index in [2.05, 4.69) is 15.6 Å². The van der Waals surface area contributed by atoms with Crippen LogP contribution in [0.2, 0.25) is 0 Å². The van der Waals surface area contributed by atoms with Crippen molar-refractivity contribution >= 4 is 11.9 Å². The van der Waals surface area contributed by atoms with E-state index in [0.717, 1.165) is 25.0 Å². The average Bonchev–Trinajstić information content (AvgIpc) is 2.93. The summed E-state index contributed by atoms with van der Waals surface area (Å²) in [7, 11) is 0. The van der Waals surface area contributed by atoms with Gasteiger partial charge in [0.15, 0.2) is 5.96 Å². The van der Waals surface area contributed by atoms with Crippen LogP contribution in [0, 0.1) is 11.3 Å². The van der Waals surface area contributed by atoms with Crippen molar-refractivity contribution < 1.29 is 4.79 Å². The molecule has 0 bridgehead atoms. The predicted octanol–water partition coefficient (Wildman–Crippen LogP) is 2.02. The molecule has 0 spiro atoms. The van der Waals surface area contributed by atoms with E-state index >= 15 is 0 Å². The zero-order valence-electron chi connectivity index (χ0n) is 13.9. The number of aliphatic imine (C=N–C) groups is 1. The van der Waals surface area contributed by atoms with Gasteiger partial charge in [-0.15, -0.1) is 0 Å². The van der Waals surface area contributed by atoms with E-state index in [-0.39, 0.29) is 5.91 Å². The van der Waals surface area contributed by atoms with Gasteiger partial charge in [0.2, 0.25) is 5.91 Å². The fraction of sp³-hybridized carbons (Fsp3) is 0.875. The highest BCUT2D eigenvalue weighted by Gasteiger charge is 2.24. The molecule has 0 aromatic heterocycles. The summed E-state index contributed by atoms with van der Waals surface area (Å²) in [5.74, 6) is 1.39. The Morgan fingerprint density at radius 2 is 1.95 bits per heavy atom. The van der Waals surface area contributed by atoms with Crippen molar-refractivity contribution in [1.29, 1.82) is 0 Å². The van der Waals surface area contributed by atoms with Crippen LogP contribution in [0.15, 0.2) is 4.99 Å². The smallest absolute Gasteiger partial charge is 0.224 e. The normalized spacial score (nSPS) is 17.0. The van der Waals surface area contributed by atoms with Crippen LogP contribution in [0.5, 0.6) is 0 Å². The molecule has 5 heteroatoms. The summed E-state index contributed by atoms with van der Waals surface area (Å²) in [5, 5.41) is 6.55. The lowest BCUT2D eigenvalue weighted by molar-refractivity contribution is -0.125. The lowest BCUT2D eigenvalue weighted by Crippen LogP contribution is -2.40.